The summed E-state index contributed by atoms with van der Waals surface area (Å²) >= 11 is 0. The quantitative estimate of drug-likeness (QED) is 0.580. The summed E-state index contributed by atoms with van der Waals surface area (Å²) in [6, 6.07) is 16.0. The molecule has 0 spiro atoms. The van der Waals surface area contributed by atoms with Crippen LogP contribution in [0.1, 0.15) is 47.5 Å². The summed E-state index contributed by atoms with van der Waals surface area (Å²) < 4.78 is 5.74. The van der Waals surface area contributed by atoms with Gasteiger partial charge in [-0.1, -0.05) is 56.3 Å². The highest BCUT2D eigenvalue weighted by atomic mass is 16.3. The van der Waals surface area contributed by atoms with E-state index in [2.05, 4.69) is 13.8 Å². The molecule has 0 saturated carbocycles. The molecule has 166 valence electrons. The van der Waals surface area contributed by atoms with Gasteiger partial charge in [0.25, 0.3) is 0 Å². The van der Waals surface area contributed by atoms with Gasteiger partial charge in [-0.05, 0) is 34.9 Å². The van der Waals surface area contributed by atoms with Crippen LogP contribution < -0.4 is 10.0 Å². The van der Waals surface area contributed by atoms with Crippen LogP contribution in [0.4, 0.5) is 0 Å². The highest BCUT2D eigenvalue weighted by molar-refractivity contribution is 6.15. The summed E-state index contributed by atoms with van der Waals surface area (Å²) in [6.07, 6.45) is 0. The minimum Gasteiger partial charge on any atom is -0.868 e. The molecular weight excluding hydrogens is 404 g/mol. The highest BCUT2D eigenvalue weighted by Gasteiger charge is 2.40. The van der Waals surface area contributed by atoms with Crippen molar-refractivity contribution < 1.29 is 24.0 Å². The molecule has 0 fully saturated rings. The van der Waals surface area contributed by atoms with Crippen molar-refractivity contribution in [2.45, 2.75) is 25.8 Å². The molecule has 3 aromatic rings. The van der Waals surface area contributed by atoms with Crippen molar-refractivity contribution in [1.82, 2.24) is 4.90 Å². The predicted octanol–water partition coefficient (Wildman–Crippen LogP) is 2.08. The lowest BCUT2D eigenvalue weighted by molar-refractivity contribution is -0.857. The molecule has 32 heavy (non-hydrogen) atoms. The molecule has 0 radical (unpaired) electrons. The Bertz CT molecular complexity index is 1160. The first-order valence-corrected chi connectivity index (χ1v) is 10.9. The molecule has 1 unspecified atom stereocenters. The van der Waals surface area contributed by atoms with Crippen LogP contribution in [-0.4, -0.2) is 43.8 Å². The number of benzene rings is 2. The van der Waals surface area contributed by atoms with Crippen LogP contribution in [-0.2, 0) is 4.79 Å². The molecule has 1 aliphatic rings. The van der Waals surface area contributed by atoms with Gasteiger partial charge in [0, 0.05) is 11.0 Å². The molecule has 2 aromatic carbocycles. The molecule has 0 aliphatic carbocycles. The number of nitrogens with zero attached hydrogens (tertiary/aromatic N) is 1. The fourth-order valence-corrected chi connectivity index (χ4v) is 4.08. The Balaban J connectivity index is 1.77. The standard InChI is InChI=1S/C26H28N2O4/c1-16(2)17-9-11-18(12-10-17)23-22(25(30)26(31)28(23)14-13-27(3)4)24(29)21-15-19-7-5-6-8-20(19)32-21/h5-12,15-16,23,30H,13-14H2,1-4H3. The Hall–Kier alpha value is -3.38. The van der Waals surface area contributed by atoms with Crippen LogP contribution in [0.15, 0.2) is 70.3 Å². The summed E-state index contributed by atoms with van der Waals surface area (Å²) in [5, 5.41) is 13.8. The number of carbonyl (C=O) groups excluding carboxylic acids is 2. The molecule has 6 nitrogen and oxygen atoms in total. The topological polar surface area (TPSA) is 78.0 Å². The second-order valence-corrected chi connectivity index (χ2v) is 8.90. The van der Waals surface area contributed by atoms with Gasteiger partial charge in [0.2, 0.25) is 11.7 Å². The van der Waals surface area contributed by atoms with Gasteiger partial charge in [-0.2, -0.15) is 0 Å². The lowest BCUT2D eigenvalue weighted by Crippen LogP contribution is -3.06. The van der Waals surface area contributed by atoms with Crippen LogP contribution in [0, 0.1) is 0 Å². The van der Waals surface area contributed by atoms with Gasteiger partial charge in [-0.15, -0.1) is 0 Å². The average molecular weight is 433 g/mol. The van der Waals surface area contributed by atoms with E-state index >= 15 is 0 Å². The Morgan fingerprint density at radius 1 is 1.12 bits per heavy atom. The Morgan fingerprint density at radius 2 is 1.81 bits per heavy atom. The zero-order valence-electron chi connectivity index (χ0n) is 18.8. The van der Waals surface area contributed by atoms with E-state index in [9.17, 15) is 14.7 Å². The number of nitrogens with one attached hydrogen (secondary N) is 1. The van der Waals surface area contributed by atoms with Crippen molar-refractivity contribution in [3.05, 3.63) is 82.8 Å². The van der Waals surface area contributed by atoms with E-state index in [1.54, 1.807) is 12.1 Å². The first kappa shape index (κ1) is 21.8. The number of quaternary nitrogens is 1. The fourth-order valence-electron chi connectivity index (χ4n) is 4.08. The maximum atomic E-state index is 13.5. The lowest BCUT2D eigenvalue weighted by Gasteiger charge is -2.28. The second-order valence-electron chi connectivity index (χ2n) is 8.90. The van der Waals surface area contributed by atoms with Crippen LogP contribution in [0.5, 0.6) is 0 Å². The summed E-state index contributed by atoms with van der Waals surface area (Å²) in [7, 11) is 3.97. The molecule has 1 N–H and O–H groups in total. The smallest absolute Gasteiger partial charge is 0.240 e. The number of carbonyl (C=O) groups is 2. The Labute approximate surface area is 187 Å². The average Bonchev–Trinajstić information content (AvgIpc) is 3.31. The summed E-state index contributed by atoms with van der Waals surface area (Å²) in [6.45, 7) is 5.24. The van der Waals surface area contributed by atoms with Gasteiger partial charge in [0.1, 0.15) is 5.58 Å². The van der Waals surface area contributed by atoms with Crippen LogP contribution in [0.2, 0.25) is 0 Å². The SMILES string of the molecule is CC(C)c1ccc(C2C(C(=O)c3cc4ccccc4o3)=C([O-])C(=O)N2CC[NH+](C)C)cc1. The van der Waals surface area contributed by atoms with Gasteiger partial charge in [-0.3, -0.25) is 9.59 Å². The maximum Gasteiger partial charge on any atom is 0.240 e. The van der Waals surface area contributed by atoms with E-state index in [0.29, 0.717) is 24.6 Å². The fraction of sp³-hybridized carbons (Fsp3) is 0.308. The monoisotopic (exact) mass is 432 g/mol. The number of ketones is 1. The molecule has 1 amide bonds. The number of fused-ring (bicyclic) bond motifs is 1. The van der Waals surface area contributed by atoms with E-state index < -0.39 is 23.5 Å². The Kier molecular flexibility index (Phi) is 5.89. The zero-order chi connectivity index (χ0) is 23.0. The molecule has 6 heteroatoms. The van der Waals surface area contributed by atoms with Gasteiger partial charge >= 0.3 is 0 Å². The number of hydrogen-bond donors (Lipinski definition) is 1. The summed E-state index contributed by atoms with van der Waals surface area (Å²) in [5.41, 5.74) is 2.43. The second kappa shape index (κ2) is 8.63. The molecule has 0 saturated heterocycles. The van der Waals surface area contributed by atoms with Crippen LogP contribution in [0.3, 0.4) is 0 Å². The largest absolute Gasteiger partial charge is 0.868 e. The van der Waals surface area contributed by atoms with Crippen molar-refractivity contribution in [3.63, 3.8) is 0 Å². The molecule has 2 heterocycles. The first-order chi connectivity index (χ1) is 15.3. The van der Waals surface area contributed by atoms with Crippen molar-refractivity contribution in [3.8, 4) is 0 Å². The molecule has 4 rings (SSSR count). The predicted molar refractivity (Wildman–Crippen MR) is 120 cm³/mol. The molecule has 0 bridgehead atoms. The van der Waals surface area contributed by atoms with E-state index in [1.165, 1.54) is 4.90 Å². The molecule has 1 aromatic heterocycles. The third kappa shape index (κ3) is 3.94. The minimum absolute atomic E-state index is 0.0416. The maximum absolute atomic E-state index is 13.5. The molecule has 1 aliphatic heterocycles. The van der Waals surface area contributed by atoms with Gasteiger partial charge in [0.05, 0.1) is 33.2 Å². The van der Waals surface area contributed by atoms with Crippen molar-refractivity contribution in [2.75, 3.05) is 27.2 Å². The highest BCUT2D eigenvalue weighted by Crippen LogP contribution is 2.38. The van der Waals surface area contributed by atoms with Crippen molar-refractivity contribution >= 4 is 22.7 Å². The number of para-hydroxylation sites is 1. The number of furan rings is 1. The number of hydrogen-bond acceptors (Lipinski definition) is 4. The zero-order valence-corrected chi connectivity index (χ0v) is 18.8. The number of Topliss-reactive ketones (excluding diaryl/α,β-unsaturated/α-hetero) is 1. The van der Waals surface area contributed by atoms with Crippen molar-refractivity contribution in [2.24, 2.45) is 0 Å². The van der Waals surface area contributed by atoms with Gasteiger partial charge in [0.15, 0.2) is 5.76 Å². The van der Waals surface area contributed by atoms with Crippen LogP contribution in [0.25, 0.3) is 11.0 Å². The molecule has 1 atom stereocenters. The van der Waals surface area contributed by atoms with E-state index in [0.717, 1.165) is 21.4 Å². The van der Waals surface area contributed by atoms with E-state index in [1.807, 2.05) is 56.6 Å². The summed E-state index contributed by atoms with van der Waals surface area (Å²) in [5.74, 6) is -1.49. The number of rotatable bonds is 7. The minimum atomic E-state index is -0.748. The van der Waals surface area contributed by atoms with E-state index in [4.69, 9.17) is 4.42 Å². The third-order valence-corrected chi connectivity index (χ3v) is 5.95. The van der Waals surface area contributed by atoms with Crippen LogP contribution >= 0.6 is 0 Å². The third-order valence-electron chi connectivity index (χ3n) is 5.95. The lowest BCUT2D eigenvalue weighted by atomic mass is 9.93. The normalized spacial score (nSPS) is 16.8. The van der Waals surface area contributed by atoms with Crippen molar-refractivity contribution in [1.29, 1.82) is 0 Å². The number of amides is 1. The molecular formula is C26H28N2O4. The van der Waals surface area contributed by atoms with Gasteiger partial charge < -0.3 is 19.3 Å². The van der Waals surface area contributed by atoms with E-state index in [-0.39, 0.29) is 11.3 Å². The van der Waals surface area contributed by atoms with Gasteiger partial charge in [-0.25, -0.2) is 0 Å². The Morgan fingerprint density at radius 3 is 2.44 bits per heavy atom. The number of likely N-dealkylation sites (N-methyl/N-ethyl adjacent to an activating group) is 1. The summed E-state index contributed by atoms with van der Waals surface area (Å²) in [4.78, 5) is 29.1. The first-order valence-electron chi connectivity index (χ1n) is 10.9.